The maximum atomic E-state index is 9.59. The number of nitrogens with zero attached hydrogens (tertiary/aromatic N) is 1. The van der Waals surface area contributed by atoms with E-state index < -0.39 is 0 Å². The van der Waals surface area contributed by atoms with Gasteiger partial charge in [0.1, 0.15) is 0 Å². The van der Waals surface area contributed by atoms with Gasteiger partial charge in [-0.1, -0.05) is 19.3 Å². The monoisotopic (exact) mass is 225 g/mol. The van der Waals surface area contributed by atoms with Crippen LogP contribution in [-0.2, 0) is 0 Å². The summed E-state index contributed by atoms with van der Waals surface area (Å²) in [6.45, 7) is 3.83. The Bertz CT molecular complexity index is 326. The van der Waals surface area contributed by atoms with E-state index in [1.165, 1.54) is 37.1 Å². The highest BCUT2D eigenvalue weighted by Gasteiger charge is 2.21. The lowest BCUT2D eigenvalue weighted by Gasteiger charge is -2.18. The Kier molecular flexibility index (Phi) is 3.42. The summed E-state index contributed by atoms with van der Waals surface area (Å²) in [5.41, 5.74) is 1.02. The molecule has 2 rings (SSSR count). The molecule has 84 valence electrons. The summed E-state index contributed by atoms with van der Waals surface area (Å²) in [5, 5.41) is 10.8. The Balaban J connectivity index is 2.17. The smallest absolute Gasteiger partial charge is 0.0962 e. The lowest BCUT2D eigenvalue weighted by atomic mass is 9.90. The molecule has 0 saturated heterocycles. The van der Waals surface area contributed by atoms with Crippen LogP contribution in [-0.4, -0.2) is 10.1 Å². The molecular weight excluding hydrogens is 206 g/mol. The molecule has 1 aromatic rings. The summed E-state index contributed by atoms with van der Waals surface area (Å²) >= 11 is 1.71. The maximum absolute atomic E-state index is 9.59. The molecule has 0 aromatic carbocycles. The van der Waals surface area contributed by atoms with Gasteiger partial charge >= 0.3 is 0 Å². The van der Waals surface area contributed by atoms with Gasteiger partial charge in [-0.25, -0.2) is 4.98 Å². The predicted octanol–water partition coefficient (Wildman–Crippen LogP) is 3.55. The molecule has 0 bridgehead atoms. The van der Waals surface area contributed by atoms with E-state index in [1.807, 2.05) is 13.8 Å². The van der Waals surface area contributed by atoms with Gasteiger partial charge in [0, 0.05) is 5.92 Å². The van der Waals surface area contributed by atoms with Crippen LogP contribution in [0.5, 0.6) is 0 Å². The van der Waals surface area contributed by atoms with E-state index in [9.17, 15) is 5.11 Å². The highest BCUT2D eigenvalue weighted by molar-refractivity contribution is 7.11. The molecular formula is C12H19NOS. The Hall–Kier alpha value is -0.410. The van der Waals surface area contributed by atoms with Crippen LogP contribution < -0.4 is 0 Å². The summed E-state index contributed by atoms with van der Waals surface area (Å²) < 4.78 is 0. The molecule has 15 heavy (non-hydrogen) atoms. The van der Waals surface area contributed by atoms with Crippen molar-refractivity contribution in [3.63, 3.8) is 0 Å². The minimum absolute atomic E-state index is 0.361. The average Bonchev–Trinajstić information content (AvgIpc) is 2.62. The largest absolute Gasteiger partial charge is 0.388 e. The second-order valence-corrected chi connectivity index (χ2v) is 5.57. The molecule has 0 radical (unpaired) electrons. The molecule has 1 aliphatic carbocycles. The summed E-state index contributed by atoms with van der Waals surface area (Å²) in [6, 6.07) is 0. The normalized spacial score (nSPS) is 20.5. The first-order valence-corrected chi connectivity index (χ1v) is 6.65. The van der Waals surface area contributed by atoms with Gasteiger partial charge in [-0.15, -0.1) is 11.3 Å². The maximum Gasteiger partial charge on any atom is 0.0962 e. The molecule has 0 spiro atoms. The fraction of sp³-hybridized carbons (Fsp3) is 0.750. The topological polar surface area (TPSA) is 33.1 Å². The van der Waals surface area contributed by atoms with Gasteiger partial charge in [-0.2, -0.15) is 0 Å². The fourth-order valence-electron chi connectivity index (χ4n) is 2.34. The molecule has 0 amide bonds. The minimum atomic E-state index is -0.361. The summed E-state index contributed by atoms with van der Waals surface area (Å²) in [4.78, 5) is 5.67. The number of aliphatic hydroxyl groups excluding tert-OH is 1. The van der Waals surface area contributed by atoms with Gasteiger partial charge in [0.25, 0.3) is 0 Å². The van der Waals surface area contributed by atoms with Gasteiger partial charge in [0.05, 0.1) is 21.7 Å². The van der Waals surface area contributed by atoms with Crippen molar-refractivity contribution < 1.29 is 5.11 Å². The Morgan fingerprint density at radius 3 is 2.53 bits per heavy atom. The van der Waals surface area contributed by atoms with E-state index in [0.717, 1.165) is 10.6 Å². The number of thiazole rings is 1. The second kappa shape index (κ2) is 4.62. The Morgan fingerprint density at radius 1 is 1.33 bits per heavy atom. The van der Waals surface area contributed by atoms with Gasteiger partial charge in [-0.05, 0) is 26.7 Å². The Labute approximate surface area is 95.4 Å². The lowest BCUT2D eigenvalue weighted by Crippen LogP contribution is -2.03. The van der Waals surface area contributed by atoms with Gasteiger partial charge in [-0.3, -0.25) is 0 Å². The number of aliphatic hydroxyl groups is 1. The number of rotatable bonds is 2. The molecule has 1 aliphatic rings. The van der Waals surface area contributed by atoms with Gasteiger partial charge < -0.3 is 5.11 Å². The van der Waals surface area contributed by atoms with E-state index >= 15 is 0 Å². The lowest BCUT2D eigenvalue weighted by molar-refractivity contribution is 0.202. The van der Waals surface area contributed by atoms with Gasteiger partial charge in [0.2, 0.25) is 0 Å². The van der Waals surface area contributed by atoms with E-state index in [2.05, 4.69) is 4.98 Å². The summed E-state index contributed by atoms with van der Waals surface area (Å²) in [6.07, 6.45) is 6.27. The van der Waals surface area contributed by atoms with Crippen molar-refractivity contribution in [2.24, 2.45) is 0 Å². The van der Waals surface area contributed by atoms with Crippen molar-refractivity contribution in [1.82, 2.24) is 4.98 Å². The van der Waals surface area contributed by atoms with Crippen LogP contribution in [0.1, 0.15) is 66.6 Å². The first-order chi connectivity index (χ1) is 7.18. The van der Waals surface area contributed by atoms with Crippen LogP contribution in [0.15, 0.2) is 0 Å². The third kappa shape index (κ3) is 2.40. The second-order valence-electron chi connectivity index (χ2n) is 4.51. The van der Waals surface area contributed by atoms with Crippen LogP contribution in [0.4, 0.5) is 0 Å². The van der Waals surface area contributed by atoms with Crippen molar-refractivity contribution >= 4 is 11.3 Å². The number of aryl methyl sites for hydroxylation is 1. The zero-order valence-electron chi connectivity index (χ0n) is 9.49. The molecule has 1 N–H and O–H groups in total. The van der Waals surface area contributed by atoms with Crippen LogP contribution in [0.25, 0.3) is 0 Å². The SMILES string of the molecule is Cc1nc(C2CCCCC2)sc1C(C)O. The van der Waals surface area contributed by atoms with E-state index in [1.54, 1.807) is 11.3 Å². The molecule has 1 atom stereocenters. The first kappa shape index (κ1) is 11.1. The molecule has 3 heteroatoms. The van der Waals surface area contributed by atoms with Crippen molar-refractivity contribution in [1.29, 1.82) is 0 Å². The quantitative estimate of drug-likeness (QED) is 0.835. The molecule has 2 nitrogen and oxygen atoms in total. The van der Waals surface area contributed by atoms with Crippen molar-refractivity contribution in [3.05, 3.63) is 15.6 Å². The fourth-order valence-corrected chi connectivity index (χ4v) is 3.52. The number of hydrogen-bond acceptors (Lipinski definition) is 3. The van der Waals surface area contributed by atoms with Crippen LogP contribution in [0.3, 0.4) is 0 Å². The summed E-state index contributed by atoms with van der Waals surface area (Å²) in [5.74, 6) is 0.662. The van der Waals surface area contributed by atoms with Crippen LogP contribution >= 0.6 is 11.3 Å². The highest BCUT2D eigenvalue weighted by Crippen LogP contribution is 2.37. The van der Waals surface area contributed by atoms with Crippen molar-refractivity contribution in [2.45, 2.75) is 58.0 Å². The molecule has 0 aliphatic heterocycles. The predicted molar refractivity (Wildman–Crippen MR) is 63.3 cm³/mol. The zero-order valence-corrected chi connectivity index (χ0v) is 10.3. The van der Waals surface area contributed by atoms with E-state index in [-0.39, 0.29) is 6.10 Å². The minimum Gasteiger partial charge on any atom is -0.388 e. The molecule has 1 aromatic heterocycles. The standard InChI is InChI=1S/C12H19NOS/c1-8-11(9(2)14)15-12(13-8)10-6-4-3-5-7-10/h9-10,14H,3-7H2,1-2H3. The first-order valence-electron chi connectivity index (χ1n) is 5.83. The third-order valence-corrected chi connectivity index (χ3v) is 4.67. The van der Waals surface area contributed by atoms with Crippen molar-refractivity contribution in [2.75, 3.05) is 0 Å². The zero-order chi connectivity index (χ0) is 10.8. The van der Waals surface area contributed by atoms with E-state index in [0.29, 0.717) is 5.92 Å². The average molecular weight is 225 g/mol. The van der Waals surface area contributed by atoms with Crippen molar-refractivity contribution in [3.8, 4) is 0 Å². The van der Waals surface area contributed by atoms with Crippen LogP contribution in [0.2, 0.25) is 0 Å². The van der Waals surface area contributed by atoms with Crippen LogP contribution in [0, 0.1) is 6.92 Å². The highest BCUT2D eigenvalue weighted by atomic mass is 32.1. The van der Waals surface area contributed by atoms with E-state index in [4.69, 9.17) is 0 Å². The summed E-state index contributed by atoms with van der Waals surface area (Å²) in [7, 11) is 0. The molecule has 1 unspecified atom stereocenters. The molecule has 1 heterocycles. The number of aromatic nitrogens is 1. The molecule has 1 saturated carbocycles. The van der Waals surface area contributed by atoms with Gasteiger partial charge in [0.15, 0.2) is 0 Å². The Morgan fingerprint density at radius 2 is 2.00 bits per heavy atom. The third-order valence-electron chi connectivity index (χ3n) is 3.18. The molecule has 1 fully saturated rings. The number of hydrogen-bond donors (Lipinski definition) is 1.